The van der Waals surface area contributed by atoms with Gasteiger partial charge >= 0.3 is 0 Å². The zero-order valence-electron chi connectivity index (χ0n) is 18.5. The number of nitrogens with one attached hydrogen (secondary N) is 1. The maximum atomic E-state index is 13.6. The normalized spacial score (nSPS) is 13.9. The summed E-state index contributed by atoms with van der Waals surface area (Å²) in [5.74, 6) is -0.649. The lowest BCUT2D eigenvalue weighted by Gasteiger charge is -2.19. The van der Waals surface area contributed by atoms with Crippen LogP contribution in [0.2, 0.25) is 0 Å². The minimum atomic E-state index is -0.339. The first kappa shape index (κ1) is 20.6. The second kappa shape index (κ2) is 7.88. The van der Waals surface area contributed by atoms with Gasteiger partial charge in [-0.05, 0) is 69.0 Å². The first-order valence-electron chi connectivity index (χ1n) is 10.4. The topological polar surface area (TPSA) is 49.4 Å². The van der Waals surface area contributed by atoms with E-state index in [0.717, 1.165) is 39.1 Å². The molecule has 1 heterocycles. The van der Waals surface area contributed by atoms with Crippen LogP contribution in [0.1, 0.15) is 33.4 Å². The van der Waals surface area contributed by atoms with Crippen LogP contribution >= 0.6 is 0 Å². The molecule has 0 spiro atoms. The SMILES string of the molecule is Cc1ccc(C2=C(Nc3ccc(C)cc3C)C(=O)N(c3cccc(C)c3C)C2=O)cc1. The number of nitrogens with zero attached hydrogens (tertiary/aromatic N) is 1. The molecule has 0 unspecified atom stereocenters. The molecule has 4 heteroatoms. The van der Waals surface area contributed by atoms with Crippen molar-refractivity contribution >= 4 is 28.8 Å². The van der Waals surface area contributed by atoms with Crippen LogP contribution in [0.4, 0.5) is 11.4 Å². The predicted octanol–water partition coefficient (Wildman–Crippen LogP) is 5.63. The largest absolute Gasteiger partial charge is 0.350 e. The Morgan fingerprint density at radius 1 is 0.710 bits per heavy atom. The van der Waals surface area contributed by atoms with Gasteiger partial charge in [-0.25, -0.2) is 4.90 Å². The van der Waals surface area contributed by atoms with E-state index < -0.39 is 0 Å². The Labute approximate surface area is 183 Å². The first-order chi connectivity index (χ1) is 14.8. The van der Waals surface area contributed by atoms with E-state index in [1.807, 2.05) is 89.2 Å². The molecule has 3 aromatic rings. The van der Waals surface area contributed by atoms with Crippen LogP contribution in [0.5, 0.6) is 0 Å². The van der Waals surface area contributed by atoms with Crippen molar-refractivity contribution in [1.29, 1.82) is 0 Å². The second-order valence-corrected chi connectivity index (χ2v) is 8.22. The molecule has 0 radical (unpaired) electrons. The minimum absolute atomic E-state index is 0.307. The molecule has 4 rings (SSSR count). The number of carbonyl (C=O) groups excluding carboxylic acids is 2. The monoisotopic (exact) mass is 410 g/mol. The lowest BCUT2D eigenvalue weighted by Crippen LogP contribution is -2.33. The van der Waals surface area contributed by atoms with Gasteiger partial charge in [0.25, 0.3) is 11.8 Å². The van der Waals surface area contributed by atoms with Crippen LogP contribution in [0.3, 0.4) is 0 Å². The highest BCUT2D eigenvalue weighted by Crippen LogP contribution is 2.36. The fourth-order valence-corrected chi connectivity index (χ4v) is 3.92. The van der Waals surface area contributed by atoms with Crippen LogP contribution in [0.25, 0.3) is 5.57 Å². The van der Waals surface area contributed by atoms with Gasteiger partial charge in [0.2, 0.25) is 0 Å². The molecule has 0 aromatic heterocycles. The van der Waals surface area contributed by atoms with Crippen molar-refractivity contribution in [2.75, 3.05) is 10.2 Å². The standard InChI is InChI=1S/C27H26N2O2/c1-16-9-12-21(13-10-16)24-25(28-22-14-11-17(2)15-19(22)4)27(31)29(26(24)30)23-8-6-7-18(3)20(23)5/h6-15,28H,1-5H3. The highest BCUT2D eigenvalue weighted by Gasteiger charge is 2.41. The quantitative estimate of drug-likeness (QED) is 0.568. The minimum Gasteiger partial charge on any atom is -0.350 e. The highest BCUT2D eigenvalue weighted by atomic mass is 16.2. The number of benzene rings is 3. The number of imide groups is 1. The summed E-state index contributed by atoms with van der Waals surface area (Å²) in [6.45, 7) is 9.93. The molecule has 1 aliphatic rings. The highest BCUT2D eigenvalue weighted by molar-refractivity contribution is 6.46. The second-order valence-electron chi connectivity index (χ2n) is 8.22. The van der Waals surface area contributed by atoms with Gasteiger partial charge in [0, 0.05) is 5.69 Å². The molecule has 0 atom stereocenters. The number of anilines is 2. The average molecular weight is 411 g/mol. The van der Waals surface area contributed by atoms with Crippen molar-refractivity contribution in [2.24, 2.45) is 0 Å². The summed E-state index contributed by atoms with van der Waals surface area (Å²) >= 11 is 0. The van der Waals surface area contributed by atoms with Crippen molar-refractivity contribution in [3.05, 3.63) is 99.7 Å². The number of hydrogen-bond acceptors (Lipinski definition) is 3. The summed E-state index contributed by atoms with van der Waals surface area (Å²) in [4.78, 5) is 28.5. The number of aryl methyl sites for hydroxylation is 4. The Morgan fingerprint density at radius 3 is 2.06 bits per heavy atom. The fourth-order valence-electron chi connectivity index (χ4n) is 3.92. The molecule has 156 valence electrons. The molecule has 0 bridgehead atoms. The predicted molar refractivity (Wildman–Crippen MR) is 126 cm³/mol. The van der Waals surface area contributed by atoms with E-state index in [9.17, 15) is 9.59 Å². The molecule has 1 aliphatic heterocycles. The fraction of sp³-hybridized carbons (Fsp3) is 0.185. The Balaban J connectivity index is 1.87. The number of rotatable bonds is 4. The third-order valence-electron chi connectivity index (χ3n) is 5.88. The van der Waals surface area contributed by atoms with Crippen LogP contribution in [-0.4, -0.2) is 11.8 Å². The summed E-state index contributed by atoms with van der Waals surface area (Å²) in [6, 6.07) is 19.4. The van der Waals surface area contributed by atoms with E-state index >= 15 is 0 Å². The van der Waals surface area contributed by atoms with Gasteiger partial charge in [0.15, 0.2) is 0 Å². The summed E-state index contributed by atoms with van der Waals surface area (Å²) in [5.41, 5.74) is 8.06. The van der Waals surface area contributed by atoms with Crippen LogP contribution in [0.15, 0.2) is 66.4 Å². The van der Waals surface area contributed by atoms with Crippen LogP contribution in [0, 0.1) is 34.6 Å². The number of hydrogen-bond donors (Lipinski definition) is 1. The molecule has 2 amide bonds. The Morgan fingerprint density at radius 2 is 1.39 bits per heavy atom. The van der Waals surface area contributed by atoms with E-state index in [4.69, 9.17) is 0 Å². The molecule has 4 nitrogen and oxygen atoms in total. The van der Waals surface area contributed by atoms with Crippen molar-refractivity contribution in [3.63, 3.8) is 0 Å². The maximum Gasteiger partial charge on any atom is 0.282 e. The van der Waals surface area contributed by atoms with Gasteiger partial charge in [0.1, 0.15) is 5.70 Å². The lowest BCUT2D eigenvalue weighted by molar-refractivity contribution is -0.120. The van der Waals surface area contributed by atoms with Crippen molar-refractivity contribution in [2.45, 2.75) is 34.6 Å². The number of amides is 2. The maximum absolute atomic E-state index is 13.6. The van der Waals surface area contributed by atoms with Crippen molar-refractivity contribution < 1.29 is 9.59 Å². The van der Waals surface area contributed by atoms with E-state index in [-0.39, 0.29) is 11.8 Å². The Bertz CT molecular complexity index is 1240. The van der Waals surface area contributed by atoms with E-state index in [1.165, 1.54) is 4.90 Å². The van der Waals surface area contributed by atoms with Crippen molar-refractivity contribution in [1.82, 2.24) is 0 Å². The molecule has 0 aliphatic carbocycles. The summed E-state index contributed by atoms with van der Waals surface area (Å²) in [7, 11) is 0. The molecule has 0 fully saturated rings. The van der Waals surface area contributed by atoms with Gasteiger partial charge < -0.3 is 5.32 Å². The lowest BCUT2D eigenvalue weighted by atomic mass is 10.0. The molecule has 0 saturated heterocycles. The molecule has 3 aromatic carbocycles. The zero-order chi connectivity index (χ0) is 22.3. The van der Waals surface area contributed by atoms with E-state index in [0.29, 0.717) is 17.0 Å². The third kappa shape index (κ3) is 3.66. The van der Waals surface area contributed by atoms with Gasteiger partial charge in [-0.2, -0.15) is 0 Å². The molecule has 0 saturated carbocycles. The van der Waals surface area contributed by atoms with Crippen LogP contribution < -0.4 is 10.2 Å². The first-order valence-corrected chi connectivity index (χ1v) is 10.4. The van der Waals surface area contributed by atoms with Gasteiger partial charge in [0.05, 0.1) is 11.3 Å². The van der Waals surface area contributed by atoms with Gasteiger partial charge in [-0.3, -0.25) is 9.59 Å². The average Bonchev–Trinajstić information content (AvgIpc) is 2.97. The molecular formula is C27H26N2O2. The van der Waals surface area contributed by atoms with E-state index in [2.05, 4.69) is 11.4 Å². The molecule has 31 heavy (non-hydrogen) atoms. The Kier molecular flexibility index (Phi) is 5.24. The van der Waals surface area contributed by atoms with E-state index in [1.54, 1.807) is 0 Å². The smallest absolute Gasteiger partial charge is 0.282 e. The summed E-state index contributed by atoms with van der Waals surface area (Å²) < 4.78 is 0. The molecule has 1 N–H and O–H groups in total. The van der Waals surface area contributed by atoms with Crippen molar-refractivity contribution in [3.8, 4) is 0 Å². The summed E-state index contributed by atoms with van der Waals surface area (Å²) in [5, 5.41) is 3.28. The number of carbonyl (C=O) groups is 2. The van der Waals surface area contributed by atoms with Crippen LogP contribution in [-0.2, 0) is 9.59 Å². The summed E-state index contributed by atoms with van der Waals surface area (Å²) in [6.07, 6.45) is 0. The van der Waals surface area contributed by atoms with Gasteiger partial charge in [-0.1, -0.05) is 59.7 Å². The zero-order valence-corrected chi connectivity index (χ0v) is 18.5. The molecular weight excluding hydrogens is 384 g/mol. The Hall–Kier alpha value is -3.66. The third-order valence-corrected chi connectivity index (χ3v) is 5.88. The van der Waals surface area contributed by atoms with Gasteiger partial charge in [-0.15, -0.1) is 0 Å².